The molecular weight excluding hydrogens is 245 g/mol. The molecule has 1 aromatic carbocycles. The summed E-state index contributed by atoms with van der Waals surface area (Å²) in [6, 6.07) is 4.92. The number of alkyl halides is 3. The van der Waals surface area contributed by atoms with E-state index in [4.69, 9.17) is 9.47 Å². The molecule has 1 aliphatic heterocycles. The van der Waals surface area contributed by atoms with Gasteiger partial charge in [-0.3, -0.25) is 0 Å². The first kappa shape index (κ1) is 13.2. The number of ether oxygens (including phenoxy) is 2. The van der Waals surface area contributed by atoms with Crippen LogP contribution in [0.25, 0.3) is 0 Å². The first-order chi connectivity index (χ1) is 8.55. The highest BCUT2D eigenvalue weighted by Crippen LogP contribution is 2.31. The van der Waals surface area contributed by atoms with Crippen molar-refractivity contribution in [2.45, 2.75) is 31.5 Å². The quantitative estimate of drug-likeness (QED) is 0.825. The molecule has 1 fully saturated rings. The van der Waals surface area contributed by atoms with Crippen LogP contribution >= 0.6 is 0 Å². The summed E-state index contributed by atoms with van der Waals surface area (Å²) in [6.07, 6.45) is -1.32. The summed E-state index contributed by atoms with van der Waals surface area (Å²) < 4.78 is 48.3. The summed E-state index contributed by atoms with van der Waals surface area (Å²) in [7, 11) is 0. The Kier molecular flexibility index (Phi) is 4.11. The molecule has 1 aromatic rings. The van der Waals surface area contributed by atoms with Gasteiger partial charge in [0.2, 0.25) is 0 Å². The van der Waals surface area contributed by atoms with E-state index in [-0.39, 0.29) is 11.9 Å². The van der Waals surface area contributed by atoms with Gasteiger partial charge < -0.3 is 9.47 Å². The third-order valence-electron chi connectivity index (χ3n) is 2.87. The molecule has 2 rings (SSSR count). The lowest BCUT2D eigenvalue weighted by atomic mass is 10.1. The Morgan fingerprint density at radius 2 is 2.11 bits per heavy atom. The molecule has 0 spiro atoms. The van der Waals surface area contributed by atoms with Crippen molar-refractivity contribution in [1.82, 2.24) is 0 Å². The monoisotopic (exact) mass is 260 g/mol. The Labute approximate surface area is 104 Å². The summed E-state index contributed by atoms with van der Waals surface area (Å²) in [5, 5.41) is 0. The maximum Gasteiger partial charge on any atom is 0.416 e. The van der Waals surface area contributed by atoms with E-state index in [1.807, 2.05) is 0 Å². The lowest BCUT2D eigenvalue weighted by Crippen LogP contribution is -2.25. The van der Waals surface area contributed by atoms with Gasteiger partial charge in [0.1, 0.15) is 12.4 Å². The van der Waals surface area contributed by atoms with Crippen molar-refractivity contribution < 1.29 is 22.6 Å². The second-order valence-electron chi connectivity index (χ2n) is 4.33. The van der Waals surface area contributed by atoms with Gasteiger partial charge in [-0.05, 0) is 37.5 Å². The van der Waals surface area contributed by atoms with E-state index in [2.05, 4.69) is 0 Å². The average Bonchev–Trinajstić information content (AvgIpc) is 2.37. The van der Waals surface area contributed by atoms with E-state index in [0.717, 1.165) is 31.4 Å². The molecule has 0 aromatic heterocycles. The molecule has 0 saturated carbocycles. The molecule has 1 heterocycles. The molecule has 0 bridgehead atoms. The second-order valence-corrected chi connectivity index (χ2v) is 4.33. The van der Waals surface area contributed by atoms with Gasteiger partial charge in [-0.2, -0.15) is 13.2 Å². The molecular formula is C13H15F3O2. The Morgan fingerprint density at radius 1 is 1.28 bits per heavy atom. The number of hydrogen-bond donors (Lipinski definition) is 0. The summed E-state index contributed by atoms with van der Waals surface area (Å²) in [5.74, 6) is 0.235. The first-order valence-electron chi connectivity index (χ1n) is 5.97. The van der Waals surface area contributed by atoms with Gasteiger partial charge in [0.15, 0.2) is 0 Å². The lowest BCUT2D eigenvalue weighted by Gasteiger charge is -2.22. The van der Waals surface area contributed by atoms with E-state index in [1.54, 1.807) is 0 Å². The van der Waals surface area contributed by atoms with Crippen molar-refractivity contribution in [3.8, 4) is 5.75 Å². The van der Waals surface area contributed by atoms with E-state index >= 15 is 0 Å². The SMILES string of the molecule is FC(F)(F)c1cccc(OC[C@H]2CCCCO2)c1. The zero-order valence-electron chi connectivity index (χ0n) is 9.87. The molecule has 1 aliphatic rings. The zero-order chi connectivity index (χ0) is 13.0. The zero-order valence-corrected chi connectivity index (χ0v) is 9.87. The van der Waals surface area contributed by atoms with Crippen molar-refractivity contribution in [2.75, 3.05) is 13.2 Å². The topological polar surface area (TPSA) is 18.5 Å². The van der Waals surface area contributed by atoms with E-state index < -0.39 is 11.7 Å². The summed E-state index contributed by atoms with van der Waals surface area (Å²) in [5.41, 5.74) is -0.690. The summed E-state index contributed by atoms with van der Waals surface area (Å²) >= 11 is 0. The third kappa shape index (κ3) is 3.63. The van der Waals surface area contributed by atoms with Crippen LogP contribution in [0.5, 0.6) is 5.75 Å². The smallest absolute Gasteiger partial charge is 0.416 e. The fourth-order valence-electron chi connectivity index (χ4n) is 1.89. The van der Waals surface area contributed by atoms with Crippen molar-refractivity contribution in [1.29, 1.82) is 0 Å². The minimum absolute atomic E-state index is 0.00621. The van der Waals surface area contributed by atoms with Crippen LogP contribution in [0.4, 0.5) is 13.2 Å². The van der Waals surface area contributed by atoms with Crippen molar-refractivity contribution >= 4 is 0 Å². The van der Waals surface area contributed by atoms with Crippen LogP contribution in [-0.4, -0.2) is 19.3 Å². The van der Waals surface area contributed by atoms with Crippen LogP contribution in [0.15, 0.2) is 24.3 Å². The standard InChI is InChI=1S/C13H15F3O2/c14-13(15,16)10-4-3-6-11(8-10)18-9-12-5-1-2-7-17-12/h3-4,6,8,12H,1-2,5,7,9H2/t12-/m1/s1. The molecule has 1 saturated heterocycles. The highest BCUT2D eigenvalue weighted by molar-refractivity contribution is 5.30. The average molecular weight is 260 g/mol. The maximum atomic E-state index is 12.5. The Morgan fingerprint density at radius 3 is 2.78 bits per heavy atom. The Balaban J connectivity index is 1.92. The first-order valence-corrected chi connectivity index (χ1v) is 5.97. The Hall–Kier alpha value is -1.23. The third-order valence-corrected chi connectivity index (χ3v) is 2.87. The number of hydrogen-bond acceptors (Lipinski definition) is 2. The fourth-order valence-corrected chi connectivity index (χ4v) is 1.89. The second kappa shape index (κ2) is 5.61. The molecule has 0 amide bonds. The van der Waals surface area contributed by atoms with Gasteiger partial charge in [0.05, 0.1) is 11.7 Å². The van der Waals surface area contributed by atoms with Gasteiger partial charge in [0, 0.05) is 6.61 Å². The van der Waals surface area contributed by atoms with Gasteiger partial charge in [-0.1, -0.05) is 6.07 Å². The lowest BCUT2D eigenvalue weighted by molar-refractivity contribution is -0.137. The minimum atomic E-state index is -4.33. The molecule has 0 unspecified atom stereocenters. The van der Waals surface area contributed by atoms with Gasteiger partial charge in [-0.15, -0.1) is 0 Å². The largest absolute Gasteiger partial charge is 0.491 e. The number of rotatable bonds is 3. The van der Waals surface area contributed by atoms with E-state index in [1.165, 1.54) is 12.1 Å². The van der Waals surface area contributed by atoms with Crippen molar-refractivity contribution in [3.63, 3.8) is 0 Å². The summed E-state index contributed by atoms with van der Waals surface area (Å²) in [4.78, 5) is 0. The Bertz CT molecular complexity index is 384. The molecule has 0 aliphatic carbocycles. The predicted molar refractivity (Wildman–Crippen MR) is 60.5 cm³/mol. The van der Waals surface area contributed by atoms with Crippen LogP contribution < -0.4 is 4.74 Å². The highest BCUT2D eigenvalue weighted by atomic mass is 19.4. The predicted octanol–water partition coefficient (Wildman–Crippen LogP) is 3.65. The van der Waals surface area contributed by atoms with Crippen LogP contribution in [0.2, 0.25) is 0 Å². The normalized spacial score (nSPS) is 20.7. The van der Waals surface area contributed by atoms with Crippen molar-refractivity contribution in [3.05, 3.63) is 29.8 Å². The van der Waals surface area contributed by atoms with Crippen LogP contribution in [0.3, 0.4) is 0 Å². The van der Waals surface area contributed by atoms with Crippen LogP contribution in [-0.2, 0) is 10.9 Å². The molecule has 2 nitrogen and oxygen atoms in total. The fraction of sp³-hybridized carbons (Fsp3) is 0.538. The van der Waals surface area contributed by atoms with Crippen LogP contribution in [0, 0.1) is 0 Å². The van der Waals surface area contributed by atoms with E-state index in [9.17, 15) is 13.2 Å². The molecule has 5 heteroatoms. The van der Waals surface area contributed by atoms with Crippen molar-refractivity contribution in [2.24, 2.45) is 0 Å². The van der Waals surface area contributed by atoms with Crippen LogP contribution in [0.1, 0.15) is 24.8 Å². The number of halogens is 3. The molecule has 0 N–H and O–H groups in total. The van der Waals surface area contributed by atoms with Gasteiger partial charge in [-0.25, -0.2) is 0 Å². The molecule has 18 heavy (non-hydrogen) atoms. The summed E-state index contributed by atoms with van der Waals surface area (Å²) in [6.45, 7) is 1.01. The maximum absolute atomic E-state index is 12.5. The minimum Gasteiger partial charge on any atom is -0.491 e. The molecule has 100 valence electrons. The molecule has 1 atom stereocenters. The number of benzene rings is 1. The van der Waals surface area contributed by atoms with Gasteiger partial charge in [0.25, 0.3) is 0 Å². The van der Waals surface area contributed by atoms with E-state index in [0.29, 0.717) is 13.2 Å². The molecule has 0 radical (unpaired) electrons. The van der Waals surface area contributed by atoms with Gasteiger partial charge >= 0.3 is 6.18 Å². The highest BCUT2D eigenvalue weighted by Gasteiger charge is 2.30.